The molecule has 0 unspecified atom stereocenters. The Labute approximate surface area is 98.4 Å². The number of benzene rings is 1. The molecule has 0 aromatic heterocycles. The van der Waals surface area contributed by atoms with Gasteiger partial charge in [0.1, 0.15) is 0 Å². The highest BCUT2D eigenvalue weighted by molar-refractivity contribution is 9.10. The maximum absolute atomic E-state index is 10.9. The fourth-order valence-electron chi connectivity index (χ4n) is 1.20. The molecule has 15 heavy (non-hydrogen) atoms. The van der Waals surface area contributed by atoms with Gasteiger partial charge < -0.3 is 10.6 Å². The third-order valence-electron chi connectivity index (χ3n) is 2.05. The van der Waals surface area contributed by atoms with Gasteiger partial charge in [0.15, 0.2) is 0 Å². The highest BCUT2D eigenvalue weighted by Gasteiger charge is 1.99. The van der Waals surface area contributed by atoms with Gasteiger partial charge in [0, 0.05) is 30.2 Å². The van der Waals surface area contributed by atoms with E-state index >= 15 is 0 Å². The van der Waals surface area contributed by atoms with E-state index in [-0.39, 0.29) is 5.91 Å². The minimum Gasteiger partial charge on any atom is -0.384 e. The summed E-state index contributed by atoms with van der Waals surface area (Å²) in [6.07, 6.45) is 1.40. The Morgan fingerprint density at radius 1 is 1.40 bits per heavy atom. The summed E-state index contributed by atoms with van der Waals surface area (Å²) >= 11 is 3.45. The van der Waals surface area contributed by atoms with Gasteiger partial charge in [-0.1, -0.05) is 12.1 Å². The minimum atomic E-state index is 0.0870. The van der Waals surface area contributed by atoms with Crippen LogP contribution >= 0.6 is 15.9 Å². The van der Waals surface area contributed by atoms with Crippen molar-refractivity contribution in [3.8, 4) is 0 Å². The van der Waals surface area contributed by atoms with E-state index in [0.29, 0.717) is 6.42 Å². The third-order valence-corrected chi connectivity index (χ3v) is 2.74. The Kier molecular flexibility index (Phi) is 5.18. The molecule has 2 N–H and O–H groups in total. The maximum Gasteiger partial charge on any atom is 0.219 e. The van der Waals surface area contributed by atoms with E-state index in [1.54, 1.807) is 7.05 Å². The quantitative estimate of drug-likeness (QED) is 0.807. The molecule has 0 fully saturated rings. The van der Waals surface area contributed by atoms with E-state index in [1.807, 2.05) is 24.3 Å². The van der Waals surface area contributed by atoms with Crippen LogP contribution in [0.5, 0.6) is 0 Å². The fraction of sp³-hybridized carbons (Fsp3) is 0.364. The first-order chi connectivity index (χ1) is 7.24. The summed E-state index contributed by atoms with van der Waals surface area (Å²) in [7, 11) is 1.66. The molecule has 0 spiro atoms. The van der Waals surface area contributed by atoms with Crippen LogP contribution in [0.1, 0.15) is 12.8 Å². The van der Waals surface area contributed by atoms with Crippen molar-refractivity contribution in [2.24, 2.45) is 0 Å². The lowest BCUT2D eigenvalue weighted by Gasteiger charge is -2.07. The first kappa shape index (κ1) is 12.0. The molecular formula is C11H15BrN2O. The Balaban J connectivity index is 2.26. The van der Waals surface area contributed by atoms with Gasteiger partial charge in [0.2, 0.25) is 5.91 Å². The highest BCUT2D eigenvalue weighted by atomic mass is 79.9. The van der Waals surface area contributed by atoms with Gasteiger partial charge in [-0.3, -0.25) is 4.79 Å². The van der Waals surface area contributed by atoms with Gasteiger partial charge in [-0.2, -0.15) is 0 Å². The lowest BCUT2D eigenvalue weighted by Crippen LogP contribution is -2.18. The van der Waals surface area contributed by atoms with E-state index in [4.69, 9.17) is 0 Å². The fourth-order valence-corrected chi connectivity index (χ4v) is 1.63. The molecule has 1 aromatic carbocycles. The predicted molar refractivity (Wildman–Crippen MR) is 65.9 cm³/mol. The normalized spacial score (nSPS) is 9.73. The molecule has 0 aliphatic rings. The molecule has 0 atom stereocenters. The summed E-state index contributed by atoms with van der Waals surface area (Å²) in [6, 6.07) is 7.94. The Morgan fingerprint density at radius 3 is 2.80 bits per heavy atom. The number of halogens is 1. The molecule has 0 saturated heterocycles. The van der Waals surface area contributed by atoms with Crippen molar-refractivity contribution in [2.45, 2.75) is 12.8 Å². The highest BCUT2D eigenvalue weighted by Crippen LogP contribution is 2.20. The standard InChI is InChI=1S/C11H15BrN2O/c1-13-11(15)7-4-8-14-10-6-3-2-5-9(10)12/h2-3,5-6,14H,4,7-8H2,1H3,(H,13,15). The van der Waals surface area contributed by atoms with E-state index in [1.165, 1.54) is 0 Å². The van der Waals surface area contributed by atoms with Crippen LogP contribution in [0.4, 0.5) is 5.69 Å². The van der Waals surface area contributed by atoms with Crippen molar-refractivity contribution >= 4 is 27.5 Å². The van der Waals surface area contributed by atoms with Gasteiger partial charge in [-0.05, 0) is 34.5 Å². The molecule has 1 rings (SSSR count). The van der Waals surface area contributed by atoms with Gasteiger partial charge in [0.05, 0.1) is 0 Å². The van der Waals surface area contributed by atoms with Gasteiger partial charge >= 0.3 is 0 Å². The van der Waals surface area contributed by atoms with Crippen LogP contribution in [0, 0.1) is 0 Å². The summed E-state index contributed by atoms with van der Waals surface area (Å²) in [5, 5.41) is 5.86. The smallest absolute Gasteiger partial charge is 0.219 e. The zero-order valence-electron chi connectivity index (χ0n) is 8.72. The van der Waals surface area contributed by atoms with Crippen molar-refractivity contribution in [3.63, 3.8) is 0 Å². The zero-order valence-corrected chi connectivity index (χ0v) is 10.3. The molecule has 1 aromatic rings. The number of anilines is 1. The maximum atomic E-state index is 10.9. The Bertz CT molecular complexity index is 328. The van der Waals surface area contributed by atoms with Crippen molar-refractivity contribution in [3.05, 3.63) is 28.7 Å². The Morgan fingerprint density at radius 2 is 2.13 bits per heavy atom. The number of hydrogen-bond acceptors (Lipinski definition) is 2. The lowest BCUT2D eigenvalue weighted by atomic mass is 10.2. The van der Waals surface area contributed by atoms with Crippen LogP contribution in [0.3, 0.4) is 0 Å². The zero-order chi connectivity index (χ0) is 11.1. The molecule has 3 nitrogen and oxygen atoms in total. The number of rotatable bonds is 5. The molecule has 1 amide bonds. The van der Waals surface area contributed by atoms with Crippen LogP contribution in [0.25, 0.3) is 0 Å². The second kappa shape index (κ2) is 6.45. The topological polar surface area (TPSA) is 41.1 Å². The molecule has 0 heterocycles. The third kappa shape index (κ3) is 4.34. The van der Waals surface area contributed by atoms with Crippen LogP contribution in [0.2, 0.25) is 0 Å². The van der Waals surface area contributed by atoms with Crippen molar-refractivity contribution < 1.29 is 4.79 Å². The number of carbonyl (C=O) groups is 1. The van der Waals surface area contributed by atoms with Crippen molar-refractivity contribution in [2.75, 3.05) is 18.9 Å². The van der Waals surface area contributed by atoms with E-state index in [2.05, 4.69) is 26.6 Å². The average Bonchev–Trinajstić information content (AvgIpc) is 2.26. The molecule has 0 aliphatic carbocycles. The Hall–Kier alpha value is -1.03. The molecular weight excluding hydrogens is 256 g/mol. The second-order valence-corrected chi connectivity index (χ2v) is 4.04. The minimum absolute atomic E-state index is 0.0870. The van der Waals surface area contributed by atoms with Crippen LogP contribution in [-0.2, 0) is 4.79 Å². The van der Waals surface area contributed by atoms with Gasteiger partial charge in [-0.15, -0.1) is 0 Å². The van der Waals surface area contributed by atoms with Crippen molar-refractivity contribution in [1.29, 1.82) is 0 Å². The van der Waals surface area contributed by atoms with E-state index < -0.39 is 0 Å². The molecule has 0 radical (unpaired) electrons. The monoisotopic (exact) mass is 270 g/mol. The average molecular weight is 271 g/mol. The summed E-state index contributed by atoms with van der Waals surface area (Å²) < 4.78 is 1.05. The summed E-state index contributed by atoms with van der Waals surface area (Å²) in [5.74, 6) is 0.0870. The van der Waals surface area contributed by atoms with Gasteiger partial charge in [-0.25, -0.2) is 0 Å². The number of amides is 1. The second-order valence-electron chi connectivity index (χ2n) is 3.18. The summed E-state index contributed by atoms with van der Waals surface area (Å²) in [5.41, 5.74) is 1.06. The summed E-state index contributed by atoms with van der Waals surface area (Å²) in [6.45, 7) is 0.802. The first-order valence-corrected chi connectivity index (χ1v) is 5.72. The lowest BCUT2D eigenvalue weighted by molar-refractivity contribution is -0.120. The first-order valence-electron chi connectivity index (χ1n) is 4.93. The largest absolute Gasteiger partial charge is 0.384 e. The van der Waals surface area contributed by atoms with E-state index in [9.17, 15) is 4.79 Å². The molecule has 0 bridgehead atoms. The van der Waals surface area contributed by atoms with E-state index in [0.717, 1.165) is 23.1 Å². The van der Waals surface area contributed by atoms with Crippen LogP contribution < -0.4 is 10.6 Å². The van der Waals surface area contributed by atoms with Crippen molar-refractivity contribution in [1.82, 2.24) is 5.32 Å². The van der Waals surface area contributed by atoms with Crippen LogP contribution in [0.15, 0.2) is 28.7 Å². The molecule has 4 heteroatoms. The van der Waals surface area contributed by atoms with Gasteiger partial charge in [0.25, 0.3) is 0 Å². The number of carbonyl (C=O) groups excluding carboxylic acids is 1. The number of nitrogens with one attached hydrogen (secondary N) is 2. The number of hydrogen-bond donors (Lipinski definition) is 2. The number of para-hydroxylation sites is 1. The summed E-state index contributed by atoms with van der Waals surface area (Å²) in [4.78, 5) is 10.9. The molecule has 0 aliphatic heterocycles. The predicted octanol–water partition coefficient (Wildman–Crippen LogP) is 2.39. The molecule has 0 saturated carbocycles. The molecule has 82 valence electrons. The SMILES string of the molecule is CNC(=O)CCCNc1ccccc1Br. The van der Waals surface area contributed by atoms with Crippen LogP contribution in [-0.4, -0.2) is 19.5 Å².